The van der Waals surface area contributed by atoms with E-state index in [4.69, 9.17) is 0 Å². The Kier molecular flexibility index (Phi) is 5.46. The van der Waals surface area contributed by atoms with Crippen molar-refractivity contribution in [3.63, 3.8) is 0 Å². The smallest absolute Gasteiger partial charge is 0.274 e. The van der Waals surface area contributed by atoms with E-state index in [0.29, 0.717) is 11.6 Å². The molecule has 0 unspecified atom stereocenters. The predicted octanol–water partition coefficient (Wildman–Crippen LogP) is 3.09. The average molecular weight is 367 g/mol. The van der Waals surface area contributed by atoms with Gasteiger partial charge in [0, 0.05) is 37.6 Å². The lowest BCUT2D eigenvalue weighted by Gasteiger charge is -2.32. The molecule has 0 radical (unpaired) electrons. The lowest BCUT2D eigenvalue weighted by atomic mass is 9.86. The number of rotatable bonds is 3. The van der Waals surface area contributed by atoms with Crippen LogP contribution in [0.5, 0.6) is 0 Å². The van der Waals surface area contributed by atoms with E-state index in [9.17, 15) is 4.79 Å². The molecule has 1 aromatic heterocycles. The van der Waals surface area contributed by atoms with Gasteiger partial charge in [-0.15, -0.1) is 0 Å². The SMILES string of the molecule is Cc1cc(C(=O)Nc2ccccc2C(C)(C)C)nc(N2CCN(C)CC2)n1. The van der Waals surface area contributed by atoms with Gasteiger partial charge in [0.15, 0.2) is 0 Å². The molecule has 144 valence electrons. The van der Waals surface area contributed by atoms with Crippen LogP contribution < -0.4 is 10.2 Å². The number of benzene rings is 1. The molecule has 0 saturated carbocycles. The number of anilines is 2. The molecule has 6 nitrogen and oxygen atoms in total. The number of nitrogens with zero attached hydrogens (tertiary/aromatic N) is 4. The molecular weight excluding hydrogens is 338 g/mol. The zero-order valence-corrected chi connectivity index (χ0v) is 16.9. The van der Waals surface area contributed by atoms with Crippen LogP contribution in [0.2, 0.25) is 0 Å². The molecule has 1 saturated heterocycles. The first-order chi connectivity index (χ1) is 12.7. The molecule has 0 atom stereocenters. The standard InChI is InChI=1S/C21H29N5O/c1-15-14-18(24-20(22-15)26-12-10-25(5)11-13-26)19(27)23-17-9-7-6-8-16(17)21(2,3)4/h6-9,14H,10-13H2,1-5H3,(H,23,27). The van der Waals surface area contributed by atoms with Gasteiger partial charge in [0.2, 0.25) is 5.95 Å². The third kappa shape index (κ3) is 4.63. The van der Waals surface area contributed by atoms with Gasteiger partial charge in [0.25, 0.3) is 5.91 Å². The Bertz CT molecular complexity index is 820. The molecule has 27 heavy (non-hydrogen) atoms. The topological polar surface area (TPSA) is 61.4 Å². The van der Waals surface area contributed by atoms with Crippen LogP contribution in [0, 0.1) is 6.92 Å². The summed E-state index contributed by atoms with van der Waals surface area (Å²) in [6.07, 6.45) is 0. The first-order valence-electron chi connectivity index (χ1n) is 9.44. The zero-order chi connectivity index (χ0) is 19.6. The Hall–Kier alpha value is -2.47. The van der Waals surface area contributed by atoms with E-state index in [-0.39, 0.29) is 11.3 Å². The minimum atomic E-state index is -0.201. The first kappa shape index (κ1) is 19.3. The van der Waals surface area contributed by atoms with Gasteiger partial charge in [0.1, 0.15) is 5.69 Å². The van der Waals surface area contributed by atoms with Gasteiger partial charge in [-0.2, -0.15) is 0 Å². The van der Waals surface area contributed by atoms with Crippen molar-refractivity contribution in [2.75, 3.05) is 43.4 Å². The van der Waals surface area contributed by atoms with E-state index < -0.39 is 0 Å². The van der Waals surface area contributed by atoms with Crippen LogP contribution in [0.15, 0.2) is 30.3 Å². The minimum Gasteiger partial charge on any atom is -0.338 e. The molecule has 1 aromatic carbocycles. The number of nitrogens with one attached hydrogen (secondary N) is 1. The molecule has 0 bridgehead atoms. The minimum absolute atomic E-state index is 0.0591. The number of piperazine rings is 1. The normalized spacial score (nSPS) is 15.7. The van der Waals surface area contributed by atoms with E-state index in [1.54, 1.807) is 6.07 Å². The van der Waals surface area contributed by atoms with Crippen molar-refractivity contribution in [3.05, 3.63) is 47.3 Å². The first-order valence-corrected chi connectivity index (χ1v) is 9.44. The second-order valence-electron chi connectivity index (χ2n) is 8.23. The molecule has 2 heterocycles. The molecule has 1 amide bonds. The zero-order valence-electron chi connectivity index (χ0n) is 16.9. The molecule has 3 rings (SSSR count). The van der Waals surface area contributed by atoms with Gasteiger partial charge in [-0.05, 0) is 37.1 Å². The Morgan fingerprint density at radius 2 is 1.74 bits per heavy atom. The van der Waals surface area contributed by atoms with Gasteiger partial charge in [0.05, 0.1) is 0 Å². The lowest BCUT2D eigenvalue weighted by Crippen LogP contribution is -2.45. The highest BCUT2D eigenvalue weighted by Gasteiger charge is 2.21. The number of likely N-dealkylation sites (N-methyl/N-ethyl adjacent to an activating group) is 1. The number of hydrogen-bond acceptors (Lipinski definition) is 5. The molecule has 0 aliphatic carbocycles. The molecule has 1 aliphatic heterocycles. The average Bonchev–Trinajstić information content (AvgIpc) is 2.61. The number of aryl methyl sites for hydroxylation is 1. The van der Waals surface area contributed by atoms with E-state index >= 15 is 0 Å². The monoisotopic (exact) mass is 367 g/mol. The van der Waals surface area contributed by atoms with Crippen molar-refractivity contribution < 1.29 is 4.79 Å². The summed E-state index contributed by atoms with van der Waals surface area (Å²) in [4.78, 5) is 26.4. The Morgan fingerprint density at radius 3 is 2.41 bits per heavy atom. The Labute approximate surface area is 161 Å². The number of aromatic nitrogens is 2. The summed E-state index contributed by atoms with van der Waals surface area (Å²) in [7, 11) is 2.11. The van der Waals surface area contributed by atoms with Crippen LogP contribution in [0.3, 0.4) is 0 Å². The van der Waals surface area contributed by atoms with Crippen molar-refractivity contribution in [1.82, 2.24) is 14.9 Å². The second-order valence-corrected chi connectivity index (χ2v) is 8.23. The summed E-state index contributed by atoms with van der Waals surface area (Å²) in [6.45, 7) is 12.0. The third-order valence-electron chi connectivity index (χ3n) is 4.84. The van der Waals surface area contributed by atoms with E-state index in [0.717, 1.165) is 43.1 Å². The maximum Gasteiger partial charge on any atom is 0.274 e. The molecule has 6 heteroatoms. The van der Waals surface area contributed by atoms with Gasteiger partial charge >= 0.3 is 0 Å². The molecule has 1 aliphatic rings. The number of amides is 1. The van der Waals surface area contributed by atoms with Crippen LogP contribution in [0.4, 0.5) is 11.6 Å². The molecule has 2 aromatic rings. The Morgan fingerprint density at radius 1 is 1.07 bits per heavy atom. The van der Waals surface area contributed by atoms with Crippen molar-refractivity contribution in [1.29, 1.82) is 0 Å². The van der Waals surface area contributed by atoms with Gasteiger partial charge in [-0.3, -0.25) is 4.79 Å². The summed E-state index contributed by atoms with van der Waals surface area (Å²) in [5.41, 5.74) is 3.07. The number of carbonyl (C=O) groups is 1. The number of carbonyl (C=O) groups excluding carboxylic acids is 1. The van der Waals surface area contributed by atoms with Gasteiger partial charge in [-0.25, -0.2) is 9.97 Å². The van der Waals surface area contributed by atoms with E-state index in [1.165, 1.54) is 0 Å². The quantitative estimate of drug-likeness (QED) is 0.903. The molecule has 1 fully saturated rings. The fourth-order valence-corrected chi connectivity index (χ4v) is 3.25. The van der Waals surface area contributed by atoms with Gasteiger partial charge in [-0.1, -0.05) is 39.0 Å². The van der Waals surface area contributed by atoms with E-state index in [2.05, 4.69) is 59.0 Å². The van der Waals surface area contributed by atoms with Crippen molar-refractivity contribution >= 4 is 17.5 Å². The fraction of sp³-hybridized carbons (Fsp3) is 0.476. The number of para-hydroxylation sites is 1. The van der Waals surface area contributed by atoms with Crippen LogP contribution in [-0.4, -0.2) is 54.0 Å². The van der Waals surface area contributed by atoms with Crippen molar-refractivity contribution in [2.45, 2.75) is 33.1 Å². The fourth-order valence-electron chi connectivity index (χ4n) is 3.25. The maximum absolute atomic E-state index is 12.9. The van der Waals surface area contributed by atoms with Crippen LogP contribution in [-0.2, 0) is 5.41 Å². The highest BCUT2D eigenvalue weighted by Crippen LogP contribution is 2.29. The summed E-state index contributed by atoms with van der Waals surface area (Å²) in [6, 6.07) is 9.67. The van der Waals surface area contributed by atoms with Crippen molar-refractivity contribution in [3.8, 4) is 0 Å². The van der Waals surface area contributed by atoms with Crippen LogP contribution in [0.1, 0.15) is 42.5 Å². The molecular formula is C21H29N5O. The number of hydrogen-bond donors (Lipinski definition) is 1. The third-order valence-corrected chi connectivity index (χ3v) is 4.84. The highest BCUT2D eigenvalue weighted by atomic mass is 16.1. The lowest BCUT2D eigenvalue weighted by molar-refractivity contribution is 0.102. The largest absolute Gasteiger partial charge is 0.338 e. The van der Waals surface area contributed by atoms with E-state index in [1.807, 2.05) is 25.1 Å². The maximum atomic E-state index is 12.9. The molecule has 0 spiro atoms. The van der Waals surface area contributed by atoms with Crippen molar-refractivity contribution in [2.24, 2.45) is 0 Å². The summed E-state index contributed by atoms with van der Waals surface area (Å²) < 4.78 is 0. The highest BCUT2D eigenvalue weighted by molar-refractivity contribution is 6.03. The van der Waals surface area contributed by atoms with Crippen LogP contribution in [0.25, 0.3) is 0 Å². The molecule has 1 N–H and O–H groups in total. The van der Waals surface area contributed by atoms with Crippen LogP contribution >= 0.6 is 0 Å². The predicted molar refractivity (Wildman–Crippen MR) is 110 cm³/mol. The summed E-state index contributed by atoms with van der Waals surface area (Å²) in [5.74, 6) is 0.435. The van der Waals surface area contributed by atoms with Gasteiger partial charge < -0.3 is 15.1 Å². The summed E-state index contributed by atoms with van der Waals surface area (Å²) in [5, 5.41) is 3.04. The summed E-state index contributed by atoms with van der Waals surface area (Å²) >= 11 is 0. The second kappa shape index (κ2) is 7.64. The Balaban J connectivity index is 1.84.